The van der Waals surface area contributed by atoms with Crippen LogP contribution in [-0.4, -0.2) is 39.4 Å². The van der Waals surface area contributed by atoms with Gasteiger partial charge >= 0.3 is 0 Å². The molecule has 0 bridgehead atoms. The molecule has 8 heteroatoms. The first-order chi connectivity index (χ1) is 13.3. The fraction of sp³-hybridized carbons (Fsp3) is 0.350. The van der Waals surface area contributed by atoms with Gasteiger partial charge in [-0.1, -0.05) is 30.7 Å². The quantitative estimate of drug-likeness (QED) is 0.448. The van der Waals surface area contributed by atoms with Gasteiger partial charge in [0.2, 0.25) is 15.9 Å². The number of carbonyl (C=O) groups is 1. The van der Waals surface area contributed by atoms with Gasteiger partial charge in [0.25, 0.3) is 0 Å². The standard InChI is InChI=1S/C20H25ClN2O3S2/c1-3-16-5-9-18(10-6-16)23(28(2,25)26)15-20(24)22-13-4-14-27-19-11-7-17(21)8-12-19/h5-12H,3-4,13-15H2,1-2H3,(H,22,24). The molecule has 0 unspecified atom stereocenters. The summed E-state index contributed by atoms with van der Waals surface area (Å²) in [7, 11) is -3.55. The molecule has 0 saturated carbocycles. The average Bonchev–Trinajstić information content (AvgIpc) is 2.66. The highest BCUT2D eigenvalue weighted by molar-refractivity contribution is 7.99. The molecule has 0 aliphatic heterocycles. The summed E-state index contributed by atoms with van der Waals surface area (Å²) in [6, 6.07) is 14.8. The molecule has 2 rings (SSSR count). The van der Waals surface area contributed by atoms with E-state index in [2.05, 4.69) is 5.32 Å². The molecule has 0 saturated heterocycles. The number of hydrogen-bond donors (Lipinski definition) is 1. The summed E-state index contributed by atoms with van der Waals surface area (Å²) in [6.07, 6.45) is 2.76. The molecule has 152 valence electrons. The maximum absolute atomic E-state index is 12.2. The van der Waals surface area contributed by atoms with Crippen LogP contribution in [0, 0.1) is 0 Å². The van der Waals surface area contributed by atoms with Crippen molar-refractivity contribution in [2.75, 3.05) is 29.4 Å². The Balaban J connectivity index is 1.82. The lowest BCUT2D eigenvalue weighted by molar-refractivity contribution is -0.119. The second-order valence-corrected chi connectivity index (χ2v) is 9.81. The Morgan fingerprint density at radius 2 is 1.75 bits per heavy atom. The highest BCUT2D eigenvalue weighted by Crippen LogP contribution is 2.21. The molecule has 0 aliphatic rings. The Bertz CT molecular complexity index is 869. The second kappa shape index (κ2) is 10.7. The predicted octanol–water partition coefficient (Wildman–Crippen LogP) is 3.97. The van der Waals surface area contributed by atoms with Crippen molar-refractivity contribution in [3.8, 4) is 0 Å². The molecule has 2 aromatic rings. The summed E-state index contributed by atoms with van der Waals surface area (Å²) >= 11 is 7.54. The molecule has 0 spiro atoms. The monoisotopic (exact) mass is 440 g/mol. The molecule has 1 amide bonds. The van der Waals surface area contributed by atoms with Crippen molar-refractivity contribution in [1.82, 2.24) is 5.32 Å². The van der Waals surface area contributed by atoms with E-state index in [4.69, 9.17) is 11.6 Å². The Labute approximate surface area is 176 Å². The van der Waals surface area contributed by atoms with Gasteiger partial charge in [-0.25, -0.2) is 8.42 Å². The third kappa shape index (κ3) is 7.37. The first-order valence-corrected chi connectivity index (χ1v) is 12.2. The molecule has 0 aromatic heterocycles. The van der Waals surface area contributed by atoms with Gasteiger partial charge in [-0.3, -0.25) is 9.10 Å². The van der Waals surface area contributed by atoms with E-state index < -0.39 is 10.0 Å². The van der Waals surface area contributed by atoms with Crippen LogP contribution in [0.3, 0.4) is 0 Å². The molecule has 1 N–H and O–H groups in total. The lowest BCUT2D eigenvalue weighted by atomic mass is 10.1. The van der Waals surface area contributed by atoms with Crippen molar-refractivity contribution in [2.24, 2.45) is 0 Å². The van der Waals surface area contributed by atoms with Crippen LogP contribution in [0.4, 0.5) is 5.69 Å². The van der Waals surface area contributed by atoms with Crippen LogP contribution >= 0.6 is 23.4 Å². The number of aryl methyl sites for hydroxylation is 1. The SMILES string of the molecule is CCc1ccc(N(CC(=O)NCCCSc2ccc(Cl)cc2)S(C)(=O)=O)cc1. The molecule has 5 nitrogen and oxygen atoms in total. The predicted molar refractivity (Wildman–Crippen MR) is 118 cm³/mol. The number of rotatable bonds is 10. The third-order valence-corrected chi connectivity index (χ3v) is 6.54. The topological polar surface area (TPSA) is 66.5 Å². The van der Waals surface area contributed by atoms with E-state index in [0.717, 1.165) is 39.6 Å². The van der Waals surface area contributed by atoms with Gasteiger partial charge in [0.05, 0.1) is 11.9 Å². The maximum Gasteiger partial charge on any atom is 0.240 e. The Morgan fingerprint density at radius 1 is 1.11 bits per heavy atom. The Hall–Kier alpha value is -1.70. The third-order valence-electron chi connectivity index (χ3n) is 4.05. The summed E-state index contributed by atoms with van der Waals surface area (Å²) in [5.74, 6) is 0.525. The Morgan fingerprint density at radius 3 is 2.32 bits per heavy atom. The number of carbonyl (C=O) groups excluding carboxylic acids is 1. The van der Waals surface area contributed by atoms with Gasteiger partial charge in [0.1, 0.15) is 6.54 Å². The normalized spacial score (nSPS) is 11.2. The molecule has 2 aromatic carbocycles. The molecular weight excluding hydrogens is 416 g/mol. The van der Waals surface area contributed by atoms with Crippen molar-refractivity contribution in [3.05, 3.63) is 59.1 Å². The number of nitrogens with one attached hydrogen (secondary N) is 1. The van der Waals surface area contributed by atoms with Gasteiger partial charge in [-0.2, -0.15) is 0 Å². The lowest BCUT2D eigenvalue weighted by Crippen LogP contribution is -2.40. The summed E-state index contributed by atoms with van der Waals surface area (Å²) < 4.78 is 25.4. The lowest BCUT2D eigenvalue weighted by Gasteiger charge is -2.22. The molecule has 28 heavy (non-hydrogen) atoms. The largest absolute Gasteiger partial charge is 0.354 e. The molecule has 0 heterocycles. The fourth-order valence-electron chi connectivity index (χ4n) is 2.51. The van der Waals surface area contributed by atoms with Crippen LogP contribution in [0.2, 0.25) is 5.02 Å². The number of thioether (sulfide) groups is 1. The summed E-state index contributed by atoms with van der Waals surface area (Å²) in [5, 5.41) is 3.50. The molecule has 0 aliphatic carbocycles. The average molecular weight is 441 g/mol. The number of halogens is 1. The summed E-state index contributed by atoms with van der Waals surface area (Å²) in [6.45, 7) is 2.29. The highest BCUT2D eigenvalue weighted by atomic mass is 35.5. The van der Waals surface area contributed by atoms with E-state index in [9.17, 15) is 13.2 Å². The maximum atomic E-state index is 12.2. The highest BCUT2D eigenvalue weighted by Gasteiger charge is 2.20. The van der Waals surface area contributed by atoms with E-state index in [-0.39, 0.29) is 12.5 Å². The first-order valence-electron chi connectivity index (χ1n) is 9.01. The fourth-order valence-corrected chi connectivity index (χ4v) is 4.34. The van der Waals surface area contributed by atoms with E-state index >= 15 is 0 Å². The number of nitrogens with zero attached hydrogens (tertiary/aromatic N) is 1. The van der Waals surface area contributed by atoms with Gasteiger partial charge in [0, 0.05) is 16.5 Å². The van der Waals surface area contributed by atoms with E-state index in [0.29, 0.717) is 17.3 Å². The number of sulfonamides is 1. The van der Waals surface area contributed by atoms with Crippen molar-refractivity contribution >= 4 is 45.0 Å². The molecule has 0 fully saturated rings. The Kier molecular flexibility index (Phi) is 8.66. The second-order valence-electron chi connectivity index (χ2n) is 6.30. The van der Waals surface area contributed by atoms with Crippen LogP contribution in [0.15, 0.2) is 53.4 Å². The van der Waals surface area contributed by atoms with Gasteiger partial charge < -0.3 is 5.32 Å². The van der Waals surface area contributed by atoms with Gasteiger partial charge in [-0.15, -0.1) is 11.8 Å². The minimum Gasteiger partial charge on any atom is -0.354 e. The van der Waals surface area contributed by atoms with Gasteiger partial charge in [-0.05, 0) is 60.6 Å². The number of anilines is 1. The zero-order valence-electron chi connectivity index (χ0n) is 16.0. The van der Waals surface area contributed by atoms with E-state index in [1.54, 1.807) is 23.9 Å². The number of amides is 1. The minimum absolute atomic E-state index is 0.228. The summed E-state index contributed by atoms with van der Waals surface area (Å²) in [5.41, 5.74) is 1.60. The molecule has 0 radical (unpaired) electrons. The minimum atomic E-state index is -3.55. The van der Waals surface area contributed by atoms with Crippen molar-refractivity contribution in [3.63, 3.8) is 0 Å². The molecule has 0 atom stereocenters. The van der Waals surface area contributed by atoms with Crippen LogP contribution < -0.4 is 9.62 Å². The van der Waals surface area contributed by atoms with Crippen molar-refractivity contribution in [2.45, 2.75) is 24.7 Å². The zero-order valence-corrected chi connectivity index (χ0v) is 18.4. The van der Waals surface area contributed by atoms with Crippen LogP contribution in [0.5, 0.6) is 0 Å². The van der Waals surface area contributed by atoms with E-state index in [1.807, 2.05) is 43.3 Å². The van der Waals surface area contributed by atoms with Gasteiger partial charge in [0.15, 0.2) is 0 Å². The van der Waals surface area contributed by atoms with Crippen LogP contribution in [0.1, 0.15) is 18.9 Å². The zero-order chi connectivity index (χ0) is 20.6. The van der Waals surface area contributed by atoms with E-state index in [1.165, 1.54) is 0 Å². The molecular formula is C20H25ClN2O3S2. The van der Waals surface area contributed by atoms with Crippen LogP contribution in [0.25, 0.3) is 0 Å². The van der Waals surface area contributed by atoms with Crippen LogP contribution in [-0.2, 0) is 21.2 Å². The smallest absolute Gasteiger partial charge is 0.240 e. The summed E-state index contributed by atoms with van der Waals surface area (Å²) in [4.78, 5) is 13.3. The number of hydrogen-bond acceptors (Lipinski definition) is 4. The number of benzene rings is 2. The first kappa shape index (κ1) is 22.6. The van der Waals surface area contributed by atoms with Crippen molar-refractivity contribution in [1.29, 1.82) is 0 Å². The van der Waals surface area contributed by atoms with Crippen molar-refractivity contribution < 1.29 is 13.2 Å².